The summed E-state index contributed by atoms with van der Waals surface area (Å²) in [6.45, 7) is 3.33. The number of esters is 1. The molecule has 2 aromatic rings. The molecule has 0 saturated carbocycles. The number of hydrogen-bond donors (Lipinski definition) is 1. The molecule has 0 unspecified atom stereocenters. The van der Waals surface area contributed by atoms with Gasteiger partial charge in [0.25, 0.3) is 5.91 Å². The highest BCUT2D eigenvalue weighted by Crippen LogP contribution is 2.27. The number of benzene rings is 2. The summed E-state index contributed by atoms with van der Waals surface area (Å²) in [7, 11) is 0.234. The Morgan fingerprint density at radius 3 is 2.38 bits per heavy atom. The third kappa shape index (κ3) is 5.33. The summed E-state index contributed by atoms with van der Waals surface area (Å²) in [5.74, 6) is -1.23. The Kier molecular flexibility index (Phi) is 6.99. The maximum Gasteiger partial charge on any atom is 0.338 e. The second kappa shape index (κ2) is 9.06. The summed E-state index contributed by atoms with van der Waals surface area (Å²) in [4.78, 5) is 24.6. The van der Waals surface area contributed by atoms with Gasteiger partial charge >= 0.3 is 5.97 Å². The first kappa shape index (κ1) is 22.4. The van der Waals surface area contributed by atoms with Gasteiger partial charge in [-0.1, -0.05) is 12.1 Å². The van der Waals surface area contributed by atoms with E-state index in [-0.39, 0.29) is 16.2 Å². The van der Waals surface area contributed by atoms with Crippen LogP contribution in [0.25, 0.3) is 0 Å². The van der Waals surface area contributed by atoms with Crippen molar-refractivity contribution >= 4 is 27.6 Å². The molecule has 0 radical (unpaired) electrons. The quantitative estimate of drug-likeness (QED) is 0.691. The lowest BCUT2D eigenvalue weighted by Gasteiger charge is -2.17. The zero-order valence-electron chi connectivity index (χ0n) is 16.9. The average molecular weight is 420 g/mol. The molecule has 0 aliphatic carbocycles. The number of anilines is 1. The van der Waals surface area contributed by atoms with Gasteiger partial charge in [-0.25, -0.2) is 17.5 Å². The van der Waals surface area contributed by atoms with Gasteiger partial charge in [-0.3, -0.25) is 4.79 Å². The summed E-state index contributed by atoms with van der Waals surface area (Å²) < 4.78 is 36.3. The van der Waals surface area contributed by atoms with Crippen LogP contribution in [0.2, 0.25) is 0 Å². The van der Waals surface area contributed by atoms with E-state index in [4.69, 9.17) is 9.47 Å². The number of nitrogens with one attached hydrogen (secondary N) is 1. The van der Waals surface area contributed by atoms with Gasteiger partial charge in [-0.05, 0) is 49.7 Å². The lowest BCUT2D eigenvalue weighted by atomic mass is 10.2. The molecule has 29 heavy (non-hydrogen) atoms. The Hall–Kier alpha value is -2.91. The van der Waals surface area contributed by atoms with Crippen molar-refractivity contribution in [2.75, 3.05) is 26.5 Å². The maximum atomic E-state index is 12.5. The van der Waals surface area contributed by atoms with Crippen LogP contribution >= 0.6 is 0 Å². The minimum absolute atomic E-state index is 0.0126. The lowest BCUT2D eigenvalue weighted by Crippen LogP contribution is -2.30. The first-order valence-electron chi connectivity index (χ1n) is 8.75. The first-order chi connectivity index (χ1) is 13.6. The third-order valence-electron chi connectivity index (χ3n) is 4.10. The van der Waals surface area contributed by atoms with Crippen LogP contribution in [-0.2, 0) is 19.6 Å². The van der Waals surface area contributed by atoms with Crippen LogP contribution in [0, 0.1) is 6.92 Å². The van der Waals surface area contributed by atoms with Gasteiger partial charge in [-0.2, -0.15) is 0 Å². The summed E-state index contributed by atoms with van der Waals surface area (Å²) in [5, 5.41) is 2.67. The lowest BCUT2D eigenvalue weighted by molar-refractivity contribution is -0.123. The number of carbonyl (C=O) groups excluding carboxylic acids is 2. The molecule has 0 aromatic heterocycles. The van der Waals surface area contributed by atoms with Crippen molar-refractivity contribution in [2.45, 2.75) is 24.8 Å². The van der Waals surface area contributed by atoms with Crippen molar-refractivity contribution in [3.05, 3.63) is 53.6 Å². The van der Waals surface area contributed by atoms with Crippen LogP contribution in [0.1, 0.15) is 22.8 Å². The molecule has 9 heteroatoms. The summed E-state index contributed by atoms with van der Waals surface area (Å²) >= 11 is 0. The van der Waals surface area contributed by atoms with Gasteiger partial charge in [0.15, 0.2) is 6.10 Å². The number of ether oxygens (including phenoxy) is 2. The molecule has 2 rings (SSSR count). The highest BCUT2D eigenvalue weighted by molar-refractivity contribution is 7.89. The molecule has 0 bridgehead atoms. The topological polar surface area (TPSA) is 102 Å². The molecule has 0 aliphatic heterocycles. The summed E-state index contributed by atoms with van der Waals surface area (Å²) in [6.07, 6.45) is -1.08. The van der Waals surface area contributed by atoms with Crippen molar-refractivity contribution in [1.29, 1.82) is 0 Å². The second-order valence-corrected chi connectivity index (χ2v) is 8.68. The number of aryl methyl sites for hydroxylation is 1. The molecule has 156 valence electrons. The summed E-state index contributed by atoms with van der Waals surface area (Å²) in [5.41, 5.74) is 1.54. The first-order valence-corrected chi connectivity index (χ1v) is 10.2. The normalized spacial score (nSPS) is 12.3. The van der Waals surface area contributed by atoms with Gasteiger partial charge in [0.2, 0.25) is 10.0 Å². The predicted molar refractivity (Wildman–Crippen MR) is 109 cm³/mol. The van der Waals surface area contributed by atoms with Gasteiger partial charge in [0, 0.05) is 19.8 Å². The van der Waals surface area contributed by atoms with Crippen LogP contribution < -0.4 is 10.1 Å². The van der Waals surface area contributed by atoms with E-state index in [0.717, 1.165) is 9.87 Å². The molecule has 0 aliphatic rings. The van der Waals surface area contributed by atoms with E-state index in [9.17, 15) is 18.0 Å². The fourth-order valence-electron chi connectivity index (χ4n) is 2.45. The molecule has 1 N–H and O–H groups in total. The van der Waals surface area contributed by atoms with Crippen molar-refractivity contribution in [3.63, 3.8) is 0 Å². The van der Waals surface area contributed by atoms with E-state index in [1.807, 2.05) is 13.0 Å². The Morgan fingerprint density at radius 2 is 1.79 bits per heavy atom. The fraction of sp³-hybridized carbons (Fsp3) is 0.300. The van der Waals surface area contributed by atoms with Gasteiger partial charge in [0.1, 0.15) is 10.6 Å². The molecule has 1 amide bonds. The number of amides is 1. The molecule has 0 heterocycles. The number of sulfonamides is 1. The van der Waals surface area contributed by atoms with E-state index in [0.29, 0.717) is 5.69 Å². The second-order valence-electron chi connectivity index (χ2n) is 6.56. The molecular weight excluding hydrogens is 396 g/mol. The van der Waals surface area contributed by atoms with Gasteiger partial charge < -0.3 is 14.8 Å². The number of nitrogens with zero attached hydrogens (tertiary/aromatic N) is 1. The largest absolute Gasteiger partial charge is 0.495 e. The number of methoxy groups -OCH3 is 1. The minimum atomic E-state index is -3.84. The number of rotatable bonds is 7. The smallest absolute Gasteiger partial charge is 0.338 e. The van der Waals surface area contributed by atoms with E-state index in [1.165, 1.54) is 46.3 Å². The van der Waals surface area contributed by atoms with E-state index >= 15 is 0 Å². The Morgan fingerprint density at radius 1 is 1.10 bits per heavy atom. The Labute approximate surface area is 170 Å². The highest BCUT2D eigenvalue weighted by atomic mass is 32.2. The van der Waals surface area contributed by atoms with E-state index in [2.05, 4.69) is 5.32 Å². The third-order valence-corrected chi connectivity index (χ3v) is 5.93. The van der Waals surface area contributed by atoms with Crippen molar-refractivity contribution in [2.24, 2.45) is 0 Å². The van der Waals surface area contributed by atoms with Crippen LogP contribution in [-0.4, -0.2) is 51.9 Å². The van der Waals surface area contributed by atoms with Crippen LogP contribution in [0.15, 0.2) is 47.4 Å². The molecule has 1 atom stereocenters. The minimum Gasteiger partial charge on any atom is -0.495 e. The van der Waals surface area contributed by atoms with Gasteiger partial charge in [-0.15, -0.1) is 0 Å². The van der Waals surface area contributed by atoms with Crippen LogP contribution in [0.3, 0.4) is 0 Å². The molecule has 8 nitrogen and oxygen atoms in total. The average Bonchev–Trinajstić information content (AvgIpc) is 2.67. The van der Waals surface area contributed by atoms with Gasteiger partial charge in [0.05, 0.1) is 12.7 Å². The van der Waals surface area contributed by atoms with Crippen molar-refractivity contribution in [3.8, 4) is 5.75 Å². The SMILES string of the molecule is COc1ccc(C(=O)O[C@H](C)C(=O)Nc2cccc(C)c2)cc1S(=O)(=O)N(C)C. The van der Waals surface area contributed by atoms with Crippen LogP contribution in [0.4, 0.5) is 5.69 Å². The van der Waals surface area contributed by atoms with E-state index in [1.54, 1.807) is 18.2 Å². The number of carbonyl (C=O) groups is 2. The Bertz CT molecular complexity index is 1020. The monoisotopic (exact) mass is 420 g/mol. The standard InChI is InChI=1S/C20H24N2O6S/c1-13-7-6-8-16(11-13)21-19(23)14(2)28-20(24)15-9-10-17(27-5)18(12-15)29(25,26)22(3)4/h6-12,14H,1-5H3,(H,21,23)/t14-/m1/s1. The molecule has 2 aromatic carbocycles. The highest BCUT2D eigenvalue weighted by Gasteiger charge is 2.25. The van der Waals surface area contributed by atoms with E-state index < -0.39 is 28.0 Å². The van der Waals surface area contributed by atoms with Crippen molar-refractivity contribution < 1.29 is 27.5 Å². The van der Waals surface area contributed by atoms with Crippen LogP contribution in [0.5, 0.6) is 5.75 Å². The van der Waals surface area contributed by atoms with Crippen molar-refractivity contribution in [1.82, 2.24) is 4.31 Å². The Balaban J connectivity index is 2.18. The molecular formula is C20H24N2O6S. The fourth-order valence-corrected chi connectivity index (χ4v) is 3.53. The molecule has 0 spiro atoms. The molecule has 0 saturated heterocycles. The zero-order valence-corrected chi connectivity index (χ0v) is 17.7. The predicted octanol–water partition coefficient (Wildman–Crippen LogP) is 2.44. The number of hydrogen-bond acceptors (Lipinski definition) is 6. The summed E-state index contributed by atoms with van der Waals surface area (Å²) in [6, 6.07) is 11.1. The zero-order chi connectivity index (χ0) is 21.8. The maximum absolute atomic E-state index is 12.5. The molecule has 0 fully saturated rings.